The molecule has 0 amide bonds. The van der Waals surface area contributed by atoms with E-state index in [1.807, 2.05) is 0 Å². The maximum Gasteiger partial charge on any atom is 3.00 e. The molecule has 0 aromatic heterocycles. The summed E-state index contributed by atoms with van der Waals surface area (Å²) in [6.07, 6.45) is 17.9. The third-order valence-corrected chi connectivity index (χ3v) is 5.23. The van der Waals surface area contributed by atoms with E-state index in [1.165, 1.54) is 23.1 Å². The quantitative estimate of drug-likeness (QED) is 0.326. The smallest absolute Gasteiger partial charge is 1.00 e. The zero-order valence-corrected chi connectivity index (χ0v) is 21.8. The second kappa shape index (κ2) is 12.2. The van der Waals surface area contributed by atoms with E-state index in [4.69, 9.17) is 4.74 Å². The van der Waals surface area contributed by atoms with E-state index in [0.717, 1.165) is 32.3 Å². The number of unbranched alkanes of at least 4 members (excludes halogenated alkanes) is 1. The van der Waals surface area contributed by atoms with Crippen LogP contribution >= 0.6 is 0 Å². The first-order chi connectivity index (χ1) is 11.6. The third kappa shape index (κ3) is 7.80. The van der Waals surface area contributed by atoms with Gasteiger partial charge in [-0.25, -0.2) is 11.6 Å². The zero-order valence-electron chi connectivity index (χ0n) is 18.7. The Morgan fingerprint density at radius 1 is 1.07 bits per heavy atom. The van der Waals surface area contributed by atoms with Gasteiger partial charge in [-0.2, -0.15) is 6.08 Å². The Balaban J connectivity index is 0. The standard InChI is InChI=1S/C24H37O.2ClH.Ti/c1-8-9-16-25-24(18-19-12-10-11-13-19)15-14-20(22(2,3)4)17-21(24)23(5,6)7;;;/h10,12,14,17H,8-9,11,15-16,18H2,1-7H3;2*1H;/q-1;;;+3/p-2. The third-order valence-electron chi connectivity index (χ3n) is 5.23. The van der Waals surface area contributed by atoms with Crippen LogP contribution in [-0.2, 0) is 26.5 Å². The molecule has 4 heteroatoms. The van der Waals surface area contributed by atoms with Crippen molar-refractivity contribution in [1.82, 2.24) is 0 Å². The first-order valence-electron chi connectivity index (χ1n) is 9.92. The van der Waals surface area contributed by atoms with Crippen LogP contribution in [0.5, 0.6) is 0 Å². The van der Waals surface area contributed by atoms with E-state index in [9.17, 15) is 0 Å². The van der Waals surface area contributed by atoms with Crippen molar-refractivity contribution >= 4 is 0 Å². The minimum Gasteiger partial charge on any atom is -1.00 e. The van der Waals surface area contributed by atoms with Crippen molar-refractivity contribution < 1.29 is 51.3 Å². The van der Waals surface area contributed by atoms with E-state index in [2.05, 4.69) is 78.8 Å². The molecular formula is C24H37Cl2OTi. The van der Waals surface area contributed by atoms with E-state index in [1.54, 1.807) is 0 Å². The van der Waals surface area contributed by atoms with Gasteiger partial charge in [-0.3, -0.25) is 6.08 Å². The van der Waals surface area contributed by atoms with Crippen LogP contribution in [0.25, 0.3) is 0 Å². The number of allylic oxidation sites excluding steroid dienone is 5. The van der Waals surface area contributed by atoms with Gasteiger partial charge in [-0.1, -0.05) is 67.0 Å². The van der Waals surface area contributed by atoms with E-state index in [0.29, 0.717) is 0 Å². The molecule has 0 fully saturated rings. The minimum absolute atomic E-state index is 0. The Labute approximate surface area is 201 Å². The molecule has 1 atom stereocenters. The van der Waals surface area contributed by atoms with Crippen LogP contribution in [0.3, 0.4) is 0 Å². The predicted molar refractivity (Wildman–Crippen MR) is 108 cm³/mol. The van der Waals surface area contributed by atoms with E-state index in [-0.39, 0.29) is 63.0 Å². The van der Waals surface area contributed by atoms with Crippen LogP contribution in [-0.4, -0.2) is 12.2 Å². The molecule has 1 nitrogen and oxygen atoms in total. The van der Waals surface area contributed by atoms with Gasteiger partial charge in [0, 0.05) is 6.61 Å². The fraction of sp³-hybridized carbons (Fsp3) is 0.667. The molecule has 0 bridgehead atoms. The van der Waals surface area contributed by atoms with E-state index >= 15 is 0 Å². The van der Waals surface area contributed by atoms with Gasteiger partial charge < -0.3 is 29.6 Å². The number of rotatable bonds is 6. The second-order valence-corrected chi connectivity index (χ2v) is 9.60. The van der Waals surface area contributed by atoms with Crippen LogP contribution in [0, 0.1) is 16.9 Å². The summed E-state index contributed by atoms with van der Waals surface area (Å²) in [6, 6.07) is 0. The van der Waals surface area contributed by atoms with Gasteiger partial charge in [-0.15, -0.1) is 6.42 Å². The molecule has 0 aromatic rings. The molecule has 0 aromatic carbocycles. The predicted octanol–water partition coefficient (Wildman–Crippen LogP) is 0.976. The molecule has 2 rings (SSSR count). The Bertz CT molecular complexity index is 603. The van der Waals surface area contributed by atoms with Crippen LogP contribution in [0.1, 0.15) is 80.6 Å². The summed E-state index contributed by atoms with van der Waals surface area (Å²) in [5, 5.41) is 0. The van der Waals surface area contributed by atoms with E-state index < -0.39 is 0 Å². The Kier molecular flexibility index (Phi) is 13.2. The Morgan fingerprint density at radius 3 is 2.18 bits per heavy atom. The normalized spacial score (nSPS) is 21.6. The molecule has 1 radical (unpaired) electrons. The average Bonchev–Trinajstić information content (AvgIpc) is 2.98. The number of ether oxygens (including phenoxy) is 1. The van der Waals surface area contributed by atoms with Crippen molar-refractivity contribution in [3.8, 4) is 0 Å². The molecule has 1 unspecified atom stereocenters. The van der Waals surface area contributed by atoms with Crippen LogP contribution in [0.2, 0.25) is 0 Å². The molecule has 0 heterocycles. The van der Waals surface area contributed by atoms with Crippen molar-refractivity contribution in [2.45, 2.75) is 86.2 Å². The van der Waals surface area contributed by atoms with Gasteiger partial charge in [0.2, 0.25) is 0 Å². The van der Waals surface area contributed by atoms with Gasteiger partial charge in [0.1, 0.15) is 0 Å². The molecular weight excluding hydrogens is 423 g/mol. The molecule has 2 aliphatic carbocycles. The van der Waals surface area contributed by atoms with Crippen molar-refractivity contribution in [1.29, 1.82) is 0 Å². The van der Waals surface area contributed by atoms with Crippen LogP contribution in [0.4, 0.5) is 0 Å². The van der Waals surface area contributed by atoms with Crippen LogP contribution in [0.15, 0.2) is 41.0 Å². The summed E-state index contributed by atoms with van der Waals surface area (Å²) in [5.74, 6) is 0. The zero-order chi connectivity index (χ0) is 18.7. The fourth-order valence-electron chi connectivity index (χ4n) is 3.80. The second-order valence-electron chi connectivity index (χ2n) is 9.60. The van der Waals surface area contributed by atoms with Crippen LogP contribution < -0.4 is 24.8 Å². The SMILES string of the molecule is CCCCOC1(CC2=[C-]CC=C2)CC=C(C(C)(C)C)C=C1C(C)(C)C.[Cl-].[Cl-].[Ti+3]. The largest absolute Gasteiger partial charge is 3.00 e. The Morgan fingerprint density at radius 2 is 1.71 bits per heavy atom. The summed E-state index contributed by atoms with van der Waals surface area (Å²) in [7, 11) is 0. The topological polar surface area (TPSA) is 9.23 Å². The van der Waals surface area contributed by atoms with Crippen molar-refractivity contribution in [2.75, 3.05) is 6.61 Å². The molecule has 0 saturated carbocycles. The summed E-state index contributed by atoms with van der Waals surface area (Å²) in [6.45, 7) is 16.9. The maximum atomic E-state index is 6.67. The average molecular weight is 460 g/mol. The minimum atomic E-state index is -0.223. The van der Waals surface area contributed by atoms with Gasteiger partial charge in [0.05, 0.1) is 5.60 Å². The van der Waals surface area contributed by atoms with Crippen molar-refractivity contribution in [3.05, 3.63) is 47.1 Å². The van der Waals surface area contributed by atoms with Crippen molar-refractivity contribution in [3.63, 3.8) is 0 Å². The summed E-state index contributed by atoms with van der Waals surface area (Å²) in [4.78, 5) is 0. The molecule has 0 N–H and O–H groups in total. The van der Waals surface area contributed by atoms with Gasteiger partial charge in [-0.05, 0) is 41.2 Å². The first-order valence-corrected chi connectivity index (χ1v) is 9.92. The van der Waals surface area contributed by atoms with Gasteiger partial charge in [0.25, 0.3) is 0 Å². The molecule has 2 aliphatic rings. The summed E-state index contributed by atoms with van der Waals surface area (Å²) >= 11 is 0. The Hall–Kier alpha value is 0.214. The first kappa shape index (κ1) is 30.4. The number of halogens is 2. The summed E-state index contributed by atoms with van der Waals surface area (Å²) < 4.78 is 6.67. The molecule has 157 valence electrons. The molecule has 0 saturated heterocycles. The molecule has 28 heavy (non-hydrogen) atoms. The number of hydrogen-bond acceptors (Lipinski definition) is 1. The fourth-order valence-corrected chi connectivity index (χ4v) is 3.80. The number of hydrogen-bond donors (Lipinski definition) is 0. The van der Waals surface area contributed by atoms with Crippen molar-refractivity contribution in [2.24, 2.45) is 10.8 Å². The van der Waals surface area contributed by atoms with Gasteiger partial charge in [0.15, 0.2) is 0 Å². The molecule has 0 spiro atoms. The van der Waals surface area contributed by atoms with Gasteiger partial charge >= 0.3 is 21.7 Å². The monoisotopic (exact) mass is 459 g/mol. The maximum absolute atomic E-state index is 6.67. The molecule has 0 aliphatic heterocycles. The summed E-state index contributed by atoms with van der Waals surface area (Å²) in [5.41, 5.74) is 4.22.